The van der Waals surface area contributed by atoms with Crippen LogP contribution in [0.1, 0.15) is 32.6 Å². The fourth-order valence-electron chi connectivity index (χ4n) is 4.65. The summed E-state index contributed by atoms with van der Waals surface area (Å²) in [6.07, 6.45) is -4.60. The zero-order chi connectivity index (χ0) is 26.9. The molecule has 9 heteroatoms. The van der Waals surface area contributed by atoms with E-state index in [-0.39, 0.29) is 23.5 Å². The number of piperazine rings is 1. The lowest BCUT2D eigenvalue weighted by Crippen LogP contribution is -2.45. The number of aromatic amines is 1. The first kappa shape index (κ1) is 25.4. The van der Waals surface area contributed by atoms with E-state index in [0.29, 0.717) is 43.1 Å². The number of likely N-dealkylation sites (N-methyl/N-ethyl adjacent to an activating group) is 1. The predicted octanol–water partition coefficient (Wildman–Crippen LogP) is 4.74. The summed E-state index contributed by atoms with van der Waals surface area (Å²) in [5.41, 5.74) is 8.17. The van der Waals surface area contributed by atoms with Gasteiger partial charge in [0.1, 0.15) is 0 Å². The van der Waals surface area contributed by atoms with Crippen molar-refractivity contribution in [2.24, 2.45) is 0 Å². The molecule has 38 heavy (non-hydrogen) atoms. The van der Waals surface area contributed by atoms with Crippen LogP contribution in [-0.4, -0.2) is 54.1 Å². The number of hydrogen-bond acceptors (Lipinski definition) is 5. The van der Waals surface area contributed by atoms with Crippen LogP contribution in [0, 0.1) is 11.8 Å². The Bertz CT molecular complexity index is 1560. The number of rotatable bonds is 4. The molecule has 0 aliphatic carbocycles. The van der Waals surface area contributed by atoms with Gasteiger partial charge in [-0.15, -0.1) is 0 Å². The fraction of sp³-hybridized carbons (Fsp3) is 0.241. The van der Waals surface area contributed by atoms with Crippen molar-refractivity contribution in [1.82, 2.24) is 15.1 Å². The van der Waals surface area contributed by atoms with Crippen molar-refractivity contribution in [2.75, 3.05) is 43.9 Å². The molecule has 1 aliphatic rings. The number of nitrogens with zero attached hydrogens (tertiary/aromatic N) is 3. The van der Waals surface area contributed by atoms with Gasteiger partial charge in [0.25, 0.3) is 0 Å². The second-order valence-electron chi connectivity index (χ2n) is 9.41. The average Bonchev–Trinajstić information content (AvgIpc) is 3.28. The fourth-order valence-corrected chi connectivity index (χ4v) is 4.65. The van der Waals surface area contributed by atoms with Crippen LogP contribution in [0.3, 0.4) is 0 Å². The van der Waals surface area contributed by atoms with Crippen LogP contribution in [-0.2, 0) is 12.6 Å². The molecule has 5 rings (SSSR count). The SMILES string of the molecule is CN1CCN(c2ccc(C(=O)Cc3cccc(C#Cc4cccc5[nH]nc(N)c45)c3)cc2C(F)(F)F)CC1. The van der Waals surface area contributed by atoms with Crippen molar-refractivity contribution >= 4 is 28.2 Å². The standard InChI is InChI=1S/C29H26F3N5O/c1-36-12-14-37(15-13-36)25-11-10-22(18-23(25)29(30,31)32)26(38)17-20-5-2-4-19(16-20)8-9-21-6-3-7-24-27(21)28(33)35-34-24/h2-7,10-11,16,18H,12-15,17H2,1H3,(H3,33,34,35). The number of benzene rings is 3. The van der Waals surface area contributed by atoms with Crippen LogP contribution in [0.5, 0.6) is 0 Å². The summed E-state index contributed by atoms with van der Waals surface area (Å²) in [7, 11) is 1.94. The van der Waals surface area contributed by atoms with Crippen LogP contribution in [0.2, 0.25) is 0 Å². The number of nitrogens with one attached hydrogen (secondary N) is 1. The molecule has 0 atom stereocenters. The number of carbonyl (C=O) groups is 1. The Kier molecular flexibility index (Phi) is 6.83. The molecule has 0 unspecified atom stereocenters. The normalized spacial score (nSPS) is 14.4. The maximum absolute atomic E-state index is 14.0. The third-order valence-corrected chi connectivity index (χ3v) is 6.72. The molecular formula is C29H26F3N5O. The summed E-state index contributed by atoms with van der Waals surface area (Å²) in [4.78, 5) is 16.8. The zero-order valence-electron chi connectivity index (χ0n) is 20.8. The first-order valence-corrected chi connectivity index (χ1v) is 12.2. The molecule has 1 aliphatic heterocycles. The number of ketones is 1. The number of aromatic nitrogens is 2. The number of carbonyl (C=O) groups excluding carboxylic acids is 1. The molecule has 1 saturated heterocycles. The summed E-state index contributed by atoms with van der Waals surface area (Å²) >= 11 is 0. The molecule has 0 bridgehead atoms. The van der Waals surface area contributed by atoms with Crippen molar-refractivity contribution in [3.8, 4) is 11.8 Å². The summed E-state index contributed by atoms with van der Waals surface area (Å²) in [5.74, 6) is 6.16. The van der Waals surface area contributed by atoms with Gasteiger partial charge < -0.3 is 15.5 Å². The summed E-state index contributed by atoms with van der Waals surface area (Å²) in [5, 5.41) is 7.61. The molecule has 1 fully saturated rings. The number of anilines is 2. The minimum absolute atomic E-state index is 0.0359. The minimum Gasteiger partial charge on any atom is -0.382 e. The summed E-state index contributed by atoms with van der Waals surface area (Å²) in [6.45, 7) is 2.37. The minimum atomic E-state index is -4.56. The van der Waals surface area contributed by atoms with E-state index in [4.69, 9.17) is 5.73 Å². The lowest BCUT2D eigenvalue weighted by Gasteiger charge is -2.35. The highest BCUT2D eigenvalue weighted by molar-refractivity contribution is 5.98. The van der Waals surface area contributed by atoms with Crippen molar-refractivity contribution < 1.29 is 18.0 Å². The van der Waals surface area contributed by atoms with Gasteiger partial charge in [-0.05, 0) is 55.1 Å². The molecule has 3 aromatic carbocycles. The Morgan fingerprint density at radius 1 is 1.03 bits per heavy atom. The Morgan fingerprint density at radius 3 is 2.55 bits per heavy atom. The van der Waals surface area contributed by atoms with E-state index in [2.05, 4.69) is 26.9 Å². The number of H-pyrrole nitrogens is 1. The summed E-state index contributed by atoms with van der Waals surface area (Å²) in [6, 6.07) is 16.6. The van der Waals surface area contributed by atoms with Crippen LogP contribution < -0.4 is 10.6 Å². The highest BCUT2D eigenvalue weighted by Crippen LogP contribution is 2.38. The maximum Gasteiger partial charge on any atom is 0.418 e. The van der Waals surface area contributed by atoms with Crippen molar-refractivity contribution in [3.63, 3.8) is 0 Å². The highest BCUT2D eigenvalue weighted by Gasteiger charge is 2.36. The lowest BCUT2D eigenvalue weighted by molar-refractivity contribution is -0.137. The molecular weight excluding hydrogens is 491 g/mol. The van der Waals surface area contributed by atoms with Gasteiger partial charge in [-0.2, -0.15) is 18.3 Å². The highest BCUT2D eigenvalue weighted by atomic mass is 19.4. The van der Waals surface area contributed by atoms with Crippen molar-refractivity contribution in [3.05, 3.63) is 88.5 Å². The number of Topliss-reactive ketones (excluding diaryl/α,β-unsaturated/α-hetero) is 1. The second kappa shape index (κ2) is 10.2. The number of nitrogens with two attached hydrogens (primary N) is 1. The van der Waals surface area contributed by atoms with Crippen molar-refractivity contribution in [2.45, 2.75) is 12.6 Å². The quantitative estimate of drug-likeness (QED) is 0.302. The van der Waals surface area contributed by atoms with Crippen LogP contribution in [0.15, 0.2) is 60.7 Å². The molecule has 194 valence electrons. The van der Waals surface area contributed by atoms with Gasteiger partial charge in [-0.1, -0.05) is 30.0 Å². The average molecular weight is 518 g/mol. The molecule has 0 spiro atoms. The molecule has 0 amide bonds. The van der Waals surface area contributed by atoms with E-state index in [9.17, 15) is 18.0 Å². The van der Waals surface area contributed by atoms with Crippen LogP contribution >= 0.6 is 0 Å². The monoisotopic (exact) mass is 517 g/mol. The van der Waals surface area contributed by atoms with Crippen LogP contribution in [0.25, 0.3) is 10.9 Å². The molecule has 6 nitrogen and oxygen atoms in total. The van der Waals surface area contributed by atoms with Crippen molar-refractivity contribution in [1.29, 1.82) is 0 Å². The van der Waals surface area contributed by atoms with E-state index in [0.717, 1.165) is 22.5 Å². The van der Waals surface area contributed by atoms with E-state index in [1.165, 1.54) is 12.1 Å². The zero-order valence-corrected chi connectivity index (χ0v) is 20.8. The lowest BCUT2D eigenvalue weighted by atomic mass is 9.98. The first-order chi connectivity index (χ1) is 18.2. The van der Waals surface area contributed by atoms with Gasteiger partial charge in [-0.3, -0.25) is 9.89 Å². The van der Waals surface area contributed by atoms with E-state index in [1.54, 1.807) is 23.1 Å². The molecule has 4 aromatic rings. The number of fused-ring (bicyclic) bond motifs is 1. The topological polar surface area (TPSA) is 78.2 Å². The first-order valence-electron chi connectivity index (χ1n) is 12.2. The second-order valence-corrected chi connectivity index (χ2v) is 9.41. The number of halogens is 3. The van der Waals surface area contributed by atoms with Gasteiger partial charge in [0.15, 0.2) is 11.6 Å². The molecule has 3 N–H and O–H groups in total. The Morgan fingerprint density at radius 2 is 1.79 bits per heavy atom. The molecule has 2 heterocycles. The smallest absolute Gasteiger partial charge is 0.382 e. The number of hydrogen-bond donors (Lipinski definition) is 2. The predicted molar refractivity (Wildman–Crippen MR) is 142 cm³/mol. The van der Waals surface area contributed by atoms with Gasteiger partial charge >= 0.3 is 6.18 Å². The van der Waals surface area contributed by atoms with Gasteiger partial charge in [0.2, 0.25) is 0 Å². The third kappa shape index (κ3) is 5.36. The Hall–Kier alpha value is -4.29. The third-order valence-electron chi connectivity index (χ3n) is 6.72. The van der Waals surface area contributed by atoms with Crippen LogP contribution in [0.4, 0.5) is 24.7 Å². The van der Waals surface area contributed by atoms with E-state index >= 15 is 0 Å². The Labute approximate surface area is 218 Å². The van der Waals surface area contributed by atoms with E-state index < -0.39 is 11.7 Å². The van der Waals surface area contributed by atoms with E-state index in [1.807, 2.05) is 31.3 Å². The maximum atomic E-state index is 14.0. The molecule has 1 aromatic heterocycles. The number of nitrogen functional groups attached to an aromatic ring is 1. The van der Waals surface area contributed by atoms with Gasteiger partial charge in [-0.25, -0.2) is 0 Å². The summed E-state index contributed by atoms with van der Waals surface area (Å²) < 4.78 is 41.9. The van der Waals surface area contributed by atoms with Gasteiger partial charge in [0, 0.05) is 55.0 Å². The molecule has 0 saturated carbocycles. The van der Waals surface area contributed by atoms with Gasteiger partial charge in [0.05, 0.1) is 16.5 Å². The molecule has 0 radical (unpaired) electrons. The largest absolute Gasteiger partial charge is 0.418 e. The number of alkyl halides is 3. The Balaban J connectivity index is 1.37.